The SMILES string of the molecule is CCc1ccc2nc(N(CCN3CCOCC3)C(=O)c3ccc([N+](=O)[O-])cc3)sc2c1. The average molecular weight is 441 g/mol. The lowest BCUT2D eigenvalue weighted by Gasteiger charge is -2.29. The van der Waals surface area contributed by atoms with Crippen LogP contribution in [-0.4, -0.2) is 60.1 Å². The van der Waals surface area contributed by atoms with E-state index in [1.165, 1.54) is 41.2 Å². The molecule has 31 heavy (non-hydrogen) atoms. The summed E-state index contributed by atoms with van der Waals surface area (Å²) < 4.78 is 6.46. The van der Waals surface area contributed by atoms with Gasteiger partial charge in [0.15, 0.2) is 5.13 Å². The molecule has 0 N–H and O–H groups in total. The van der Waals surface area contributed by atoms with Crippen LogP contribution in [0.2, 0.25) is 0 Å². The van der Waals surface area contributed by atoms with Crippen molar-refractivity contribution in [2.24, 2.45) is 0 Å². The fourth-order valence-electron chi connectivity index (χ4n) is 3.52. The quantitative estimate of drug-likeness (QED) is 0.411. The van der Waals surface area contributed by atoms with Crippen molar-refractivity contribution in [1.82, 2.24) is 9.88 Å². The number of nitrogens with zero attached hydrogens (tertiary/aromatic N) is 4. The van der Waals surface area contributed by atoms with Crippen LogP contribution in [0.25, 0.3) is 10.2 Å². The Morgan fingerprint density at radius 1 is 1.23 bits per heavy atom. The topological polar surface area (TPSA) is 88.8 Å². The molecule has 0 bridgehead atoms. The summed E-state index contributed by atoms with van der Waals surface area (Å²) in [6, 6.07) is 11.9. The van der Waals surface area contributed by atoms with Crippen LogP contribution in [0.4, 0.5) is 10.8 Å². The summed E-state index contributed by atoms with van der Waals surface area (Å²) in [6.45, 7) is 6.34. The lowest BCUT2D eigenvalue weighted by Crippen LogP contribution is -2.43. The molecular weight excluding hydrogens is 416 g/mol. The maximum Gasteiger partial charge on any atom is 0.269 e. The van der Waals surface area contributed by atoms with Crippen LogP contribution in [0.15, 0.2) is 42.5 Å². The lowest BCUT2D eigenvalue weighted by molar-refractivity contribution is -0.384. The highest BCUT2D eigenvalue weighted by Gasteiger charge is 2.23. The Morgan fingerprint density at radius 2 is 1.97 bits per heavy atom. The molecule has 1 saturated heterocycles. The fourth-order valence-corrected chi connectivity index (χ4v) is 4.58. The largest absolute Gasteiger partial charge is 0.379 e. The second-order valence-corrected chi connectivity index (χ2v) is 8.38. The molecule has 0 radical (unpaired) electrons. The standard InChI is InChI=1S/C22H24N4O4S/c1-2-16-3-8-19-20(15-16)31-22(23-19)25(10-9-24-11-13-30-14-12-24)21(27)17-4-6-18(7-5-17)26(28)29/h3-8,15H,2,9-14H2,1H3. The first-order valence-corrected chi connectivity index (χ1v) is 11.1. The minimum Gasteiger partial charge on any atom is -0.379 e. The van der Waals surface area contributed by atoms with Crippen LogP contribution in [0.3, 0.4) is 0 Å². The molecule has 9 heteroatoms. The smallest absolute Gasteiger partial charge is 0.269 e. The van der Waals surface area contributed by atoms with Gasteiger partial charge in [-0.15, -0.1) is 0 Å². The van der Waals surface area contributed by atoms with Gasteiger partial charge in [-0.2, -0.15) is 0 Å². The molecule has 0 spiro atoms. The highest BCUT2D eigenvalue weighted by atomic mass is 32.1. The van der Waals surface area contributed by atoms with Crippen LogP contribution in [-0.2, 0) is 11.2 Å². The fraction of sp³-hybridized carbons (Fsp3) is 0.364. The molecule has 2 aromatic carbocycles. The van der Waals surface area contributed by atoms with E-state index in [1.54, 1.807) is 4.90 Å². The Morgan fingerprint density at radius 3 is 2.65 bits per heavy atom. The van der Waals surface area contributed by atoms with E-state index >= 15 is 0 Å². The van der Waals surface area contributed by atoms with Gasteiger partial charge in [0.25, 0.3) is 11.6 Å². The van der Waals surface area contributed by atoms with Crippen molar-refractivity contribution in [3.63, 3.8) is 0 Å². The molecule has 0 atom stereocenters. The predicted molar refractivity (Wildman–Crippen MR) is 121 cm³/mol. The zero-order valence-electron chi connectivity index (χ0n) is 17.3. The second kappa shape index (κ2) is 9.51. The second-order valence-electron chi connectivity index (χ2n) is 7.37. The van der Waals surface area contributed by atoms with Gasteiger partial charge in [0.05, 0.1) is 28.4 Å². The molecule has 0 aliphatic carbocycles. The molecule has 1 aromatic heterocycles. The minimum atomic E-state index is -0.469. The maximum absolute atomic E-state index is 13.4. The molecule has 1 amide bonds. The number of hydrogen-bond acceptors (Lipinski definition) is 7. The summed E-state index contributed by atoms with van der Waals surface area (Å²) in [5.74, 6) is -0.210. The Bertz CT molecular complexity index is 1080. The van der Waals surface area contributed by atoms with Crippen molar-refractivity contribution in [3.8, 4) is 0 Å². The van der Waals surface area contributed by atoms with Gasteiger partial charge in [0, 0.05) is 43.9 Å². The Hall–Kier alpha value is -2.88. The number of rotatable bonds is 7. The molecule has 162 valence electrons. The summed E-state index contributed by atoms with van der Waals surface area (Å²) in [5.41, 5.74) is 2.46. The van der Waals surface area contributed by atoms with E-state index < -0.39 is 4.92 Å². The Kier molecular flexibility index (Phi) is 6.55. The van der Waals surface area contributed by atoms with Gasteiger partial charge in [0.1, 0.15) is 0 Å². The Balaban J connectivity index is 1.63. The van der Waals surface area contributed by atoms with Crippen molar-refractivity contribution < 1.29 is 14.5 Å². The third-order valence-electron chi connectivity index (χ3n) is 5.39. The van der Waals surface area contributed by atoms with Gasteiger partial charge < -0.3 is 4.74 Å². The molecule has 2 heterocycles. The van der Waals surface area contributed by atoms with Crippen molar-refractivity contribution in [1.29, 1.82) is 0 Å². The first-order valence-electron chi connectivity index (χ1n) is 10.3. The number of nitro groups is 1. The van der Waals surface area contributed by atoms with Crippen LogP contribution < -0.4 is 4.90 Å². The van der Waals surface area contributed by atoms with Gasteiger partial charge >= 0.3 is 0 Å². The number of nitro benzene ring substituents is 1. The number of amides is 1. The van der Waals surface area contributed by atoms with Gasteiger partial charge in [0.2, 0.25) is 0 Å². The molecule has 1 aliphatic heterocycles. The van der Waals surface area contributed by atoms with Crippen molar-refractivity contribution in [3.05, 3.63) is 63.7 Å². The number of morpholine rings is 1. The number of ether oxygens (including phenoxy) is 1. The van der Waals surface area contributed by atoms with Gasteiger partial charge in [-0.05, 0) is 36.2 Å². The number of aromatic nitrogens is 1. The third-order valence-corrected chi connectivity index (χ3v) is 6.44. The molecule has 4 rings (SSSR count). The zero-order valence-corrected chi connectivity index (χ0v) is 18.1. The minimum absolute atomic E-state index is 0.0384. The average Bonchev–Trinajstić information content (AvgIpc) is 3.22. The third kappa shape index (κ3) is 4.90. The molecule has 3 aromatic rings. The van der Waals surface area contributed by atoms with Crippen LogP contribution in [0.1, 0.15) is 22.8 Å². The van der Waals surface area contributed by atoms with E-state index in [9.17, 15) is 14.9 Å². The molecule has 8 nitrogen and oxygen atoms in total. The van der Waals surface area contributed by atoms with Gasteiger partial charge in [-0.3, -0.25) is 24.7 Å². The summed E-state index contributed by atoms with van der Waals surface area (Å²) in [7, 11) is 0. The summed E-state index contributed by atoms with van der Waals surface area (Å²) in [5, 5.41) is 11.6. The first kappa shape index (κ1) is 21.4. The molecule has 0 unspecified atom stereocenters. The number of carbonyl (C=O) groups excluding carboxylic acids is 1. The number of aryl methyl sites for hydroxylation is 1. The molecule has 0 saturated carbocycles. The number of non-ortho nitro benzene ring substituents is 1. The van der Waals surface area contributed by atoms with Crippen molar-refractivity contribution >= 4 is 38.3 Å². The lowest BCUT2D eigenvalue weighted by atomic mass is 10.2. The number of carbonyl (C=O) groups is 1. The monoisotopic (exact) mass is 440 g/mol. The zero-order chi connectivity index (χ0) is 21.8. The van der Waals surface area contributed by atoms with E-state index in [-0.39, 0.29) is 11.6 Å². The molecule has 1 aliphatic rings. The number of benzene rings is 2. The normalized spacial score (nSPS) is 14.6. The number of hydrogen-bond donors (Lipinski definition) is 0. The van der Waals surface area contributed by atoms with Crippen LogP contribution >= 0.6 is 11.3 Å². The highest BCUT2D eigenvalue weighted by molar-refractivity contribution is 7.22. The van der Waals surface area contributed by atoms with E-state index in [4.69, 9.17) is 9.72 Å². The summed E-state index contributed by atoms with van der Waals surface area (Å²) in [6.07, 6.45) is 0.936. The summed E-state index contributed by atoms with van der Waals surface area (Å²) >= 11 is 1.50. The number of thiazole rings is 1. The van der Waals surface area contributed by atoms with E-state index in [0.29, 0.717) is 37.0 Å². The first-order chi connectivity index (χ1) is 15.0. The highest BCUT2D eigenvalue weighted by Crippen LogP contribution is 2.31. The van der Waals surface area contributed by atoms with Crippen LogP contribution in [0.5, 0.6) is 0 Å². The summed E-state index contributed by atoms with van der Waals surface area (Å²) in [4.78, 5) is 32.5. The van der Waals surface area contributed by atoms with Gasteiger partial charge in [-0.25, -0.2) is 4.98 Å². The Labute approximate surface area is 184 Å². The maximum atomic E-state index is 13.4. The van der Waals surface area contributed by atoms with Crippen LogP contribution in [0, 0.1) is 10.1 Å². The van der Waals surface area contributed by atoms with E-state index in [1.807, 2.05) is 6.07 Å². The number of anilines is 1. The molecular formula is C22H24N4O4S. The van der Waals surface area contributed by atoms with Crippen molar-refractivity contribution in [2.45, 2.75) is 13.3 Å². The van der Waals surface area contributed by atoms with Crippen molar-refractivity contribution in [2.75, 3.05) is 44.3 Å². The predicted octanol–water partition coefficient (Wildman–Crippen LogP) is 3.75. The molecule has 1 fully saturated rings. The van der Waals surface area contributed by atoms with E-state index in [2.05, 4.69) is 24.0 Å². The van der Waals surface area contributed by atoms with E-state index in [0.717, 1.165) is 29.7 Å². The number of fused-ring (bicyclic) bond motifs is 1. The van der Waals surface area contributed by atoms with Gasteiger partial charge in [-0.1, -0.05) is 24.3 Å².